The zero-order valence-electron chi connectivity index (χ0n) is 11.3. The lowest BCUT2D eigenvalue weighted by Crippen LogP contribution is -2.03. The van der Waals surface area contributed by atoms with E-state index < -0.39 is 5.82 Å². The van der Waals surface area contributed by atoms with Crippen LogP contribution in [0.4, 0.5) is 21.5 Å². The largest absolute Gasteiger partial charge is 0.395 e. The number of nitrogens with one attached hydrogen (secondary N) is 1. The molecule has 2 aromatic carbocycles. The van der Waals surface area contributed by atoms with Gasteiger partial charge < -0.3 is 11.1 Å². The molecule has 2 rings (SSSR count). The molecule has 0 amide bonds. The quantitative estimate of drug-likeness (QED) is 0.803. The minimum atomic E-state index is -0.392. The zero-order valence-corrected chi connectivity index (χ0v) is 11.3. The summed E-state index contributed by atoms with van der Waals surface area (Å²) in [5.74, 6) is -0.392. The lowest BCUT2D eigenvalue weighted by molar-refractivity contribution is 0.633. The number of nitrogens with two attached hydrogens (primary N) is 1. The van der Waals surface area contributed by atoms with E-state index in [2.05, 4.69) is 37.4 Å². The van der Waals surface area contributed by atoms with Gasteiger partial charge in [-0.15, -0.1) is 0 Å². The number of halogens is 1. The van der Waals surface area contributed by atoms with Crippen LogP contribution in [-0.4, -0.2) is 0 Å². The van der Waals surface area contributed by atoms with Crippen LogP contribution in [0.25, 0.3) is 0 Å². The van der Waals surface area contributed by atoms with Crippen molar-refractivity contribution in [2.75, 3.05) is 11.1 Å². The van der Waals surface area contributed by atoms with Crippen molar-refractivity contribution in [2.24, 2.45) is 0 Å². The molecule has 3 heteroatoms. The van der Waals surface area contributed by atoms with Crippen molar-refractivity contribution in [1.29, 1.82) is 0 Å². The molecule has 0 atom stereocenters. The summed E-state index contributed by atoms with van der Waals surface area (Å²) in [4.78, 5) is 0. The van der Waals surface area contributed by atoms with Gasteiger partial charge in [0, 0.05) is 5.69 Å². The average molecular weight is 258 g/mol. The average Bonchev–Trinajstić information content (AvgIpc) is 2.44. The molecule has 0 radical (unpaired) electrons. The van der Waals surface area contributed by atoms with Gasteiger partial charge in [-0.2, -0.15) is 0 Å². The highest BCUT2D eigenvalue weighted by Crippen LogP contribution is 2.30. The summed E-state index contributed by atoms with van der Waals surface area (Å²) in [5.41, 5.74) is 10.0. The van der Waals surface area contributed by atoms with Gasteiger partial charge in [0.15, 0.2) is 0 Å². The Hall–Kier alpha value is -2.03. The van der Waals surface area contributed by atoms with Gasteiger partial charge in [0.1, 0.15) is 5.82 Å². The Labute approximate surface area is 113 Å². The fraction of sp³-hybridized carbons (Fsp3) is 0.250. The molecular formula is C16H19FN2. The van der Waals surface area contributed by atoms with E-state index in [-0.39, 0.29) is 5.69 Å². The highest BCUT2D eigenvalue weighted by molar-refractivity contribution is 5.76. The van der Waals surface area contributed by atoms with Gasteiger partial charge in [0.25, 0.3) is 0 Å². The summed E-state index contributed by atoms with van der Waals surface area (Å²) in [6.45, 7) is 4.21. The number of nitrogen functional groups attached to an aromatic ring is 1. The SMILES string of the molecule is CCc1cccc(CC)c1Nc1cccc(F)c1N. The minimum absolute atomic E-state index is 0.162. The molecule has 0 bridgehead atoms. The van der Waals surface area contributed by atoms with Gasteiger partial charge in [-0.3, -0.25) is 0 Å². The monoisotopic (exact) mass is 258 g/mol. The maximum Gasteiger partial charge on any atom is 0.148 e. The van der Waals surface area contributed by atoms with Gasteiger partial charge >= 0.3 is 0 Å². The van der Waals surface area contributed by atoms with Crippen molar-refractivity contribution in [3.63, 3.8) is 0 Å². The van der Waals surface area contributed by atoms with Crippen LogP contribution in [0.5, 0.6) is 0 Å². The van der Waals surface area contributed by atoms with Crippen molar-refractivity contribution < 1.29 is 4.39 Å². The van der Waals surface area contributed by atoms with E-state index in [1.54, 1.807) is 12.1 Å². The van der Waals surface area contributed by atoms with Crippen molar-refractivity contribution in [1.82, 2.24) is 0 Å². The second-order valence-corrected chi connectivity index (χ2v) is 4.48. The molecule has 0 unspecified atom stereocenters. The molecule has 0 heterocycles. The maximum absolute atomic E-state index is 13.5. The molecule has 19 heavy (non-hydrogen) atoms. The van der Waals surface area contributed by atoms with Crippen LogP contribution in [0, 0.1) is 5.82 Å². The zero-order chi connectivity index (χ0) is 13.8. The Bertz CT molecular complexity index is 557. The number of anilines is 3. The number of hydrogen-bond donors (Lipinski definition) is 2. The Morgan fingerprint density at radius 3 is 2.16 bits per heavy atom. The van der Waals surface area contributed by atoms with Gasteiger partial charge in [0.2, 0.25) is 0 Å². The number of aryl methyl sites for hydroxylation is 2. The molecule has 0 saturated heterocycles. The number of para-hydroxylation sites is 2. The number of benzene rings is 2. The highest BCUT2D eigenvalue weighted by atomic mass is 19.1. The first-order chi connectivity index (χ1) is 9.17. The molecule has 0 aliphatic heterocycles. The first-order valence-electron chi connectivity index (χ1n) is 6.59. The molecule has 3 N–H and O–H groups in total. The second-order valence-electron chi connectivity index (χ2n) is 4.48. The molecule has 100 valence electrons. The van der Waals surface area contributed by atoms with E-state index in [1.165, 1.54) is 17.2 Å². The van der Waals surface area contributed by atoms with Gasteiger partial charge in [-0.1, -0.05) is 38.1 Å². The van der Waals surface area contributed by atoms with E-state index in [4.69, 9.17) is 5.73 Å². The van der Waals surface area contributed by atoms with Crippen LogP contribution in [0.15, 0.2) is 36.4 Å². The fourth-order valence-electron chi connectivity index (χ4n) is 2.18. The summed E-state index contributed by atoms with van der Waals surface area (Å²) < 4.78 is 13.5. The van der Waals surface area contributed by atoms with Gasteiger partial charge in [-0.25, -0.2) is 4.39 Å². The molecule has 0 aromatic heterocycles. The molecule has 0 saturated carbocycles. The van der Waals surface area contributed by atoms with Crippen LogP contribution in [0.1, 0.15) is 25.0 Å². The lowest BCUT2D eigenvalue weighted by Gasteiger charge is -2.16. The Balaban J connectivity index is 2.45. The summed E-state index contributed by atoms with van der Waals surface area (Å²) >= 11 is 0. The van der Waals surface area contributed by atoms with Gasteiger partial charge in [-0.05, 0) is 36.1 Å². The summed E-state index contributed by atoms with van der Waals surface area (Å²) in [6, 6.07) is 11.0. The predicted octanol–water partition coefficient (Wildman–Crippen LogP) is 4.28. The predicted molar refractivity (Wildman–Crippen MR) is 79.3 cm³/mol. The van der Waals surface area contributed by atoms with Crippen molar-refractivity contribution in [3.05, 3.63) is 53.3 Å². The smallest absolute Gasteiger partial charge is 0.148 e. The Kier molecular flexibility index (Phi) is 4.05. The van der Waals surface area contributed by atoms with Gasteiger partial charge in [0.05, 0.1) is 11.4 Å². The third kappa shape index (κ3) is 2.70. The maximum atomic E-state index is 13.5. The molecule has 0 fully saturated rings. The number of hydrogen-bond acceptors (Lipinski definition) is 2. The third-order valence-corrected chi connectivity index (χ3v) is 3.31. The van der Waals surface area contributed by atoms with Crippen LogP contribution >= 0.6 is 0 Å². The summed E-state index contributed by atoms with van der Waals surface area (Å²) in [6.07, 6.45) is 1.84. The molecule has 0 aliphatic rings. The normalized spacial score (nSPS) is 10.5. The first-order valence-corrected chi connectivity index (χ1v) is 6.59. The summed E-state index contributed by atoms with van der Waals surface area (Å²) in [5, 5.41) is 3.29. The van der Waals surface area contributed by atoms with Crippen LogP contribution in [0.2, 0.25) is 0 Å². The van der Waals surface area contributed by atoms with E-state index in [0.29, 0.717) is 5.69 Å². The molecule has 2 nitrogen and oxygen atoms in total. The standard InChI is InChI=1S/C16H19FN2/c1-3-11-7-5-8-12(4-2)16(11)19-14-10-6-9-13(17)15(14)18/h5-10,19H,3-4,18H2,1-2H3. The van der Waals surface area contributed by atoms with Crippen molar-refractivity contribution in [2.45, 2.75) is 26.7 Å². The van der Waals surface area contributed by atoms with Crippen molar-refractivity contribution >= 4 is 17.1 Å². The second kappa shape index (κ2) is 5.74. The van der Waals surface area contributed by atoms with E-state index in [1.807, 2.05) is 0 Å². The Morgan fingerprint density at radius 1 is 1.00 bits per heavy atom. The van der Waals surface area contributed by atoms with E-state index in [0.717, 1.165) is 18.5 Å². The Morgan fingerprint density at radius 2 is 1.58 bits per heavy atom. The van der Waals surface area contributed by atoms with Crippen LogP contribution in [-0.2, 0) is 12.8 Å². The lowest BCUT2D eigenvalue weighted by atomic mass is 10.0. The topological polar surface area (TPSA) is 38.0 Å². The molecule has 2 aromatic rings. The molecule has 0 aliphatic carbocycles. The fourth-order valence-corrected chi connectivity index (χ4v) is 2.18. The van der Waals surface area contributed by atoms with E-state index in [9.17, 15) is 4.39 Å². The molecular weight excluding hydrogens is 239 g/mol. The summed E-state index contributed by atoms with van der Waals surface area (Å²) in [7, 11) is 0. The van der Waals surface area contributed by atoms with E-state index >= 15 is 0 Å². The highest BCUT2D eigenvalue weighted by Gasteiger charge is 2.09. The molecule has 0 spiro atoms. The minimum Gasteiger partial charge on any atom is -0.395 e. The third-order valence-electron chi connectivity index (χ3n) is 3.31. The first kappa shape index (κ1) is 13.4. The van der Waals surface area contributed by atoms with Crippen molar-refractivity contribution in [3.8, 4) is 0 Å². The van der Waals surface area contributed by atoms with Crippen LogP contribution in [0.3, 0.4) is 0 Å². The van der Waals surface area contributed by atoms with Crippen LogP contribution < -0.4 is 11.1 Å². The number of rotatable bonds is 4.